The van der Waals surface area contributed by atoms with Crippen molar-refractivity contribution in [2.45, 2.75) is 26.7 Å². The summed E-state index contributed by atoms with van der Waals surface area (Å²) in [6, 6.07) is 23.0. The molecule has 168 valence electrons. The molecule has 0 aliphatic heterocycles. The lowest BCUT2D eigenvalue weighted by atomic mass is 9.83. The molecule has 3 rings (SSSR count). The Morgan fingerprint density at radius 3 is 2.30 bits per heavy atom. The number of aliphatic carboxylic acids is 1. The van der Waals surface area contributed by atoms with Crippen LogP contribution in [0.4, 0.5) is 4.39 Å². The summed E-state index contributed by atoms with van der Waals surface area (Å²) in [5, 5.41) is 19.9. The van der Waals surface area contributed by atoms with E-state index in [1.54, 1.807) is 30.3 Å². The molecule has 4 nitrogen and oxygen atoms in total. The molecule has 0 amide bonds. The van der Waals surface area contributed by atoms with Crippen LogP contribution in [-0.2, 0) is 4.79 Å². The summed E-state index contributed by atoms with van der Waals surface area (Å²) in [7, 11) is 0. The first-order chi connectivity index (χ1) is 15.8. The van der Waals surface area contributed by atoms with Crippen molar-refractivity contribution in [3.8, 4) is 17.6 Å². The Hall–Kier alpha value is -3.91. The second-order valence-electron chi connectivity index (χ2n) is 8.26. The number of carbonyl (C=O) groups is 1. The number of para-hydroxylation sites is 1. The van der Waals surface area contributed by atoms with Crippen LogP contribution in [0.1, 0.15) is 36.5 Å². The van der Waals surface area contributed by atoms with E-state index in [1.165, 1.54) is 18.2 Å². The van der Waals surface area contributed by atoms with Crippen molar-refractivity contribution >= 4 is 11.5 Å². The summed E-state index contributed by atoms with van der Waals surface area (Å²) in [6.07, 6.45) is 1.65. The molecule has 0 aliphatic carbocycles. The van der Waals surface area contributed by atoms with Crippen LogP contribution in [0, 0.1) is 35.9 Å². The van der Waals surface area contributed by atoms with E-state index in [-0.39, 0.29) is 11.7 Å². The molecule has 2 atom stereocenters. The van der Waals surface area contributed by atoms with Crippen molar-refractivity contribution in [3.05, 3.63) is 101 Å². The lowest BCUT2D eigenvalue weighted by Crippen LogP contribution is -2.18. The van der Waals surface area contributed by atoms with Crippen molar-refractivity contribution < 1.29 is 19.0 Å². The van der Waals surface area contributed by atoms with Crippen molar-refractivity contribution in [1.82, 2.24) is 0 Å². The molecule has 0 heterocycles. The zero-order valence-electron chi connectivity index (χ0n) is 18.8. The van der Waals surface area contributed by atoms with Gasteiger partial charge in [-0.05, 0) is 53.8 Å². The lowest BCUT2D eigenvalue weighted by Gasteiger charge is -2.20. The number of carboxylic acid groups (broad SMARTS) is 1. The van der Waals surface area contributed by atoms with Gasteiger partial charge in [-0.25, -0.2) is 4.39 Å². The van der Waals surface area contributed by atoms with E-state index in [2.05, 4.69) is 6.07 Å². The fourth-order valence-electron chi connectivity index (χ4n) is 3.56. The maximum Gasteiger partial charge on any atom is 0.310 e. The average Bonchev–Trinajstić information content (AvgIpc) is 2.79. The predicted molar refractivity (Wildman–Crippen MR) is 126 cm³/mol. The number of allylic oxidation sites excluding steroid dienone is 1. The predicted octanol–water partition coefficient (Wildman–Crippen LogP) is 6.97. The number of ether oxygens (including phenoxy) is 1. The van der Waals surface area contributed by atoms with Gasteiger partial charge in [0.15, 0.2) is 11.6 Å². The Morgan fingerprint density at radius 1 is 1.06 bits per heavy atom. The van der Waals surface area contributed by atoms with Gasteiger partial charge in [0.1, 0.15) is 5.75 Å². The van der Waals surface area contributed by atoms with Crippen LogP contribution in [0.3, 0.4) is 0 Å². The highest BCUT2D eigenvalue weighted by Gasteiger charge is 2.25. The molecule has 1 N–H and O–H groups in total. The van der Waals surface area contributed by atoms with Crippen molar-refractivity contribution in [2.24, 2.45) is 11.8 Å². The zero-order valence-corrected chi connectivity index (χ0v) is 18.8. The van der Waals surface area contributed by atoms with Crippen molar-refractivity contribution in [1.29, 1.82) is 5.26 Å². The van der Waals surface area contributed by atoms with Crippen LogP contribution in [0.5, 0.6) is 11.5 Å². The molecule has 0 aromatic heterocycles. The number of aryl methyl sites for hydroxylation is 1. The fraction of sp³-hybridized carbons (Fsp3) is 0.214. The Bertz CT molecular complexity index is 1180. The van der Waals surface area contributed by atoms with E-state index in [1.807, 2.05) is 51.1 Å². The van der Waals surface area contributed by atoms with E-state index >= 15 is 0 Å². The topological polar surface area (TPSA) is 70.3 Å². The fourth-order valence-corrected chi connectivity index (χ4v) is 3.56. The van der Waals surface area contributed by atoms with E-state index in [9.17, 15) is 19.6 Å². The first kappa shape index (κ1) is 23.7. The van der Waals surface area contributed by atoms with Crippen molar-refractivity contribution in [3.63, 3.8) is 0 Å². The highest BCUT2D eigenvalue weighted by Crippen LogP contribution is 2.37. The van der Waals surface area contributed by atoms with Gasteiger partial charge in [0.25, 0.3) is 0 Å². The Morgan fingerprint density at radius 2 is 1.73 bits per heavy atom. The van der Waals surface area contributed by atoms with Gasteiger partial charge in [-0.15, -0.1) is 0 Å². The number of carboxylic acids is 1. The molecule has 0 spiro atoms. The summed E-state index contributed by atoms with van der Waals surface area (Å²) < 4.78 is 20.2. The normalized spacial score (nSPS) is 13.3. The molecule has 0 saturated heterocycles. The highest BCUT2D eigenvalue weighted by molar-refractivity contribution is 5.80. The van der Waals surface area contributed by atoms with Gasteiger partial charge in [0.2, 0.25) is 0 Å². The van der Waals surface area contributed by atoms with Gasteiger partial charge in [-0.3, -0.25) is 4.79 Å². The minimum Gasteiger partial charge on any atom is -0.481 e. The molecule has 3 aromatic rings. The lowest BCUT2D eigenvalue weighted by molar-refractivity contribution is -0.141. The molecule has 0 saturated carbocycles. The van der Waals surface area contributed by atoms with Gasteiger partial charge in [-0.2, -0.15) is 5.26 Å². The van der Waals surface area contributed by atoms with E-state index in [4.69, 9.17) is 4.74 Å². The monoisotopic (exact) mass is 443 g/mol. The van der Waals surface area contributed by atoms with Crippen LogP contribution in [0.2, 0.25) is 0 Å². The molecule has 0 bridgehead atoms. The third-order valence-electron chi connectivity index (χ3n) is 5.45. The van der Waals surface area contributed by atoms with E-state index in [0.29, 0.717) is 16.9 Å². The first-order valence-corrected chi connectivity index (χ1v) is 10.7. The molecule has 2 unspecified atom stereocenters. The summed E-state index contributed by atoms with van der Waals surface area (Å²) >= 11 is 0. The van der Waals surface area contributed by atoms with Crippen molar-refractivity contribution in [2.75, 3.05) is 0 Å². The largest absolute Gasteiger partial charge is 0.481 e. The Labute approximate surface area is 193 Å². The van der Waals surface area contributed by atoms with Gasteiger partial charge < -0.3 is 9.84 Å². The number of benzene rings is 3. The van der Waals surface area contributed by atoms with Crippen LogP contribution in [-0.4, -0.2) is 11.1 Å². The summed E-state index contributed by atoms with van der Waals surface area (Å²) in [5.74, 6) is -2.80. The molecule has 33 heavy (non-hydrogen) atoms. The van der Waals surface area contributed by atoms with Gasteiger partial charge >= 0.3 is 5.97 Å². The van der Waals surface area contributed by atoms with Gasteiger partial charge in [0, 0.05) is 0 Å². The molecular formula is C28H26FNO3. The van der Waals surface area contributed by atoms with Crippen LogP contribution >= 0.6 is 0 Å². The minimum atomic E-state index is -0.960. The number of nitriles is 1. The smallest absolute Gasteiger partial charge is 0.310 e. The van der Waals surface area contributed by atoms with E-state index < -0.39 is 23.6 Å². The van der Waals surface area contributed by atoms with Crippen LogP contribution in [0.25, 0.3) is 5.57 Å². The van der Waals surface area contributed by atoms with E-state index in [0.717, 1.165) is 11.1 Å². The standard InChI is InChI=1S/C28H26FNO3/c1-18(2)23(28(31)32)16-24(20-11-9-19(3)10-12-20)25(17-30)21-13-14-26(29)27(15-21)33-22-7-5-4-6-8-22/h4-16,18,23,25H,1-3H3,(H,31,32). The maximum absolute atomic E-state index is 14.5. The Kier molecular flexibility index (Phi) is 7.63. The quantitative estimate of drug-likeness (QED) is 0.408. The highest BCUT2D eigenvalue weighted by atomic mass is 19.1. The maximum atomic E-state index is 14.5. The molecule has 0 aliphatic rings. The average molecular weight is 444 g/mol. The SMILES string of the molecule is Cc1ccc(C(=CC(C(=O)O)C(C)C)C(C#N)c2ccc(F)c(Oc3ccccc3)c2)cc1. The van der Waals surface area contributed by atoms with Gasteiger partial charge in [-0.1, -0.05) is 74.0 Å². The second-order valence-corrected chi connectivity index (χ2v) is 8.26. The molecular weight excluding hydrogens is 417 g/mol. The third kappa shape index (κ3) is 5.87. The second kappa shape index (κ2) is 10.6. The van der Waals surface area contributed by atoms with Gasteiger partial charge in [0.05, 0.1) is 17.9 Å². The number of halogens is 1. The van der Waals surface area contributed by atoms with Crippen LogP contribution in [0.15, 0.2) is 78.9 Å². The summed E-state index contributed by atoms with van der Waals surface area (Å²) in [4.78, 5) is 11.9. The number of hydrogen-bond acceptors (Lipinski definition) is 3. The summed E-state index contributed by atoms with van der Waals surface area (Å²) in [6.45, 7) is 5.61. The molecule has 5 heteroatoms. The summed E-state index contributed by atoms with van der Waals surface area (Å²) in [5.41, 5.74) is 2.87. The molecule has 0 radical (unpaired) electrons. The molecule has 0 fully saturated rings. The number of nitrogens with zero attached hydrogens (tertiary/aromatic N) is 1. The minimum absolute atomic E-state index is 0.000787. The number of rotatable bonds is 8. The first-order valence-electron chi connectivity index (χ1n) is 10.7. The zero-order chi connectivity index (χ0) is 24.0. The number of hydrogen-bond donors (Lipinski definition) is 1. The molecule has 3 aromatic carbocycles. The van der Waals surface area contributed by atoms with Crippen LogP contribution < -0.4 is 4.74 Å². The Balaban J connectivity index is 2.10. The third-order valence-corrected chi connectivity index (χ3v) is 5.45.